The van der Waals surface area contributed by atoms with E-state index in [2.05, 4.69) is 181 Å². The molecular formula is C49H33NOS. The van der Waals surface area contributed by atoms with Crippen molar-refractivity contribution in [3.8, 4) is 33.4 Å². The molecule has 246 valence electrons. The van der Waals surface area contributed by atoms with Crippen LogP contribution in [0.4, 0.5) is 17.1 Å². The zero-order valence-electron chi connectivity index (χ0n) is 28.3. The summed E-state index contributed by atoms with van der Waals surface area (Å²) < 4.78 is 6.43. The van der Waals surface area contributed by atoms with Crippen LogP contribution in [0.2, 0.25) is 0 Å². The third kappa shape index (κ3) is 4.08. The van der Waals surface area contributed by atoms with Crippen LogP contribution in [-0.4, -0.2) is 0 Å². The number of furan rings is 1. The fourth-order valence-electron chi connectivity index (χ4n) is 9.07. The van der Waals surface area contributed by atoms with E-state index in [9.17, 15) is 0 Å². The first-order valence-corrected chi connectivity index (χ1v) is 17.6. The second-order valence-corrected chi connectivity index (χ2v) is 13.6. The Hall–Kier alpha value is -6.29. The summed E-state index contributed by atoms with van der Waals surface area (Å²) in [5, 5.41) is 2.29. The number of hydrogen-bond acceptors (Lipinski definition) is 2. The molecule has 0 unspecified atom stereocenters. The van der Waals surface area contributed by atoms with Crippen molar-refractivity contribution in [2.45, 2.75) is 5.41 Å². The molecule has 2 heterocycles. The lowest BCUT2D eigenvalue weighted by Crippen LogP contribution is -2.36. The minimum absolute atomic E-state index is 0. The molecule has 0 bridgehead atoms. The van der Waals surface area contributed by atoms with Gasteiger partial charge in [0.2, 0.25) is 0 Å². The highest BCUT2D eigenvalue weighted by Crippen LogP contribution is 2.64. The third-order valence-electron chi connectivity index (χ3n) is 11.1. The Morgan fingerprint density at radius 3 is 1.65 bits per heavy atom. The molecule has 0 fully saturated rings. The number of hydrogen-bond donors (Lipinski definition) is 0. The molecule has 0 radical (unpaired) electrons. The van der Waals surface area contributed by atoms with Gasteiger partial charge in [-0.2, -0.15) is 13.5 Å². The first kappa shape index (κ1) is 30.5. The van der Waals surface area contributed by atoms with E-state index >= 15 is 0 Å². The predicted octanol–water partition coefficient (Wildman–Crippen LogP) is 13.2. The van der Waals surface area contributed by atoms with Crippen molar-refractivity contribution in [1.82, 2.24) is 0 Å². The number of fused-ring (bicyclic) bond motifs is 12. The van der Waals surface area contributed by atoms with Gasteiger partial charge in [0.25, 0.3) is 0 Å². The average Bonchev–Trinajstić information content (AvgIpc) is 3.73. The topological polar surface area (TPSA) is 16.4 Å². The Labute approximate surface area is 309 Å². The van der Waals surface area contributed by atoms with Crippen LogP contribution in [0, 0.1) is 0 Å². The largest absolute Gasteiger partial charge is 0.455 e. The number of para-hydroxylation sites is 5. The molecule has 2 aliphatic rings. The first-order chi connectivity index (χ1) is 25.3. The minimum Gasteiger partial charge on any atom is -0.455 e. The number of benzene rings is 8. The van der Waals surface area contributed by atoms with Gasteiger partial charge in [0.15, 0.2) is 0 Å². The Kier molecular flexibility index (Phi) is 6.83. The lowest BCUT2D eigenvalue weighted by Gasteiger charge is -2.45. The number of rotatable bonds is 3. The van der Waals surface area contributed by atoms with Crippen LogP contribution in [0.5, 0.6) is 0 Å². The van der Waals surface area contributed by atoms with Crippen molar-refractivity contribution >= 4 is 52.5 Å². The average molecular weight is 684 g/mol. The highest BCUT2D eigenvalue weighted by molar-refractivity contribution is 7.59. The Bertz CT molecular complexity index is 2770. The molecule has 0 amide bonds. The van der Waals surface area contributed by atoms with Crippen LogP contribution in [-0.2, 0) is 5.41 Å². The Morgan fingerprint density at radius 1 is 0.385 bits per heavy atom. The number of nitrogens with zero attached hydrogens (tertiary/aromatic N) is 1. The smallest absolute Gasteiger partial charge is 0.143 e. The van der Waals surface area contributed by atoms with E-state index in [0.717, 1.165) is 38.8 Å². The van der Waals surface area contributed by atoms with Gasteiger partial charge in [-0.05, 0) is 80.4 Å². The van der Waals surface area contributed by atoms with Crippen molar-refractivity contribution < 1.29 is 4.42 Å². The van der Waals surface area contributed by atoms with Crippen molar-refractivity contribution in [3.63, 3.8) is 0 Å². The summed E-state index contributed by atoms with van der Waals surface area (Å²) in [6.45, 7) is 0. The molecule has 11 rings (SSSR count). The van der Waals surface area contributed by atoms with Crippen LogP contribution in [0.1, 0.15) is 22.3 Å². The van der Waals surface area contributed by atoms with Crippen LogP contribution >= 0.6 is 13.5 Å². The van der Waals surface area contributed by atoms with Crippen molar-refractivity contribution in [3.05, 3.63) is 210 Å². The van der Waals surface area contributed by atoms with E-state index in [1.807, 2.05) is 12.1 Å². The highest BCUT2D eigenvalue weighted by Gasteiger charge is 2.52. The molecule has 0 atom stereocenters. The molecule has 0 saturated heterocycles. The predicted molar refractivity (Wildman–Crippen MR) is 221 cm³/mol. The quantitative estimate of drug-likeness (QED) is 0.184. The fraction of sp³-hybridized carbons (Fsp3) is 0.0204. The van der Waals surface area contributed by atoms with Crippen LogP contribution < -0.4 is 4.90 Å². The van der Waals surface area contributed by atoms with Crippen molar-refractivity contribution in [2.24, 2.45) is 0 Å². The van der Waals surface area contributed by atoms with E-state index in [1.165, 1.54) is 55.9 Å². The molecular weight excluding hydrogens is 651 g/mol. The molecule has 52 heavy (non-hydrogen) atoms. The van der Waals surface area contributed by atoms with Gasteiger partial charge in [0.1, 0.15) is 11.2 Å². The van der Waals surface area contributed by atoms with Gasteiger partial charge >= 0.3 is 0 Å². The van der Waals surface area contributed by atoms with E-state index in [0.29, 0.717) is 0 Å². The molecule has 0 saturated carbocycles. The fourth-order valence-corrected chi connectivity index (χ4v) is 9.07. The standard InChI is InChI=1S/C49H31NO.H2S/c1-2-14-34(15-3-1)50-44-25-9-7-23-42(44)49(43-24-8-10-26-45(43)50)41-22-6-4-16-37(41)39-20-12-18-35(47(39)49)32-28-30-33(31-29-32)36-19-13-21-40-38-17-5-11-27-46(38)51-48(36)40;/h1-31H;1H2. The van der Waals surface area contributed by atoms with Gasteiger partial charge in [0.05, 0.1) is 16.8 Å². The van der Waals surface area contributed by atoms with Gasteiger partial charge in [-0.3, -0.25) is 0 Å². The molecule has 1 spiro atoms. The summed E-state index contributed by atoms with van der Waals surface area (Å²) in [7, 11) is 0. The molecule has 1 aliphatic heterocycles. The zero-order chi connectivity index (χ0) is 33.5. The molecule has 1 aromatic heterocycles. The lowest BCUT2D eigenvalue weighted by atomic mass is 9.63. The van der Waals surface area contributed by atoms with Gasteiger partial charge in [0, 0.05) is 22.0 Å². The molecule has 1 aliphatic carbocycles. The normalized spacial score (nSPS) is 13.3. The zero-order valence-corrected chi connectivity index (χ0v) is 29.3. The van der Waals surface area contributed by atoms with E-state index in [1.54, 1.807) is 0 Å². The highest BCUT2D eigenvalue weighted by atomic mass is 32.1. The minimum atomic E-state index is -0.514. The molecule has 9 aromatic rings. The van der Waals surface area contributed by atoms with E-state index < -0.39 is 5.41 Å². The summed E-state index contributed by atoms with van der Waals surface area (Å²) in [6, 6.07) is 68.5. The van der Waals surface area contributed by atoms with Gasteiger partial charge in [-0.15, -0.1) is 0 Å². The Balaban J connectivity index is 0.00000338. The molecule has 0 N–H and O–H groups in total. The number of anilines is 3. The van der Waals surface area contributed by atoms with E-state index in [-0.39, 0.29) is 13.5 Å². The third-order valence-corrected chi connectivity index (χ3v) is 11.1. The second kappa shape index (κ2) is 11.6. The van der Waals surface area contributed by atoms with Gasteiger partial charge in [-0.1, -0.05) is 158 Å². The van der Waals surface area contributed by atoms with Gasteiger partial charge in [-0.25, -0.2) is 0 Å². The molecule has 2 nitrogen and oxygen atoms in total. The maximum Gasteiger partial charge on any atom is 0.143 e. The van der Waals surface area contributed by atoms with Crippen LogP contribution in [0.15, 0.2) is 192 Å². The monoisotopic (exact) mass is 683 g/mol. The molecule has 8 aromatic carbocycles. The van der Waals surface area contributed by atoms with Crippen molar-refractivity contribution in [1.29, 1.82) is 0 Å². The van der Waals surface area contributed by atoms with Crippen molar-refractivity contribution in [2.75, 3.05) is 4.90 Å². The maximum absolute atomic E-state index is 6.43. The Morgan fingerprint density at radius 2 is 0.904 bits per heavy atom. The maximum atomic E-state index is 6.43. The summed E-state index contributed by atoms with van der Waals surface area (Å²) in [5.74, 6) is 0. The van der Waals surface area contributed by atoms with E-state index in [4.69, 9.17) is 4.42 Å². The summed E-state index contributed by atoms with van der Waals surface area (Å²) in [4.78, 5) is 2.44. The summed E-state index contributed by atoms with van der Waals surface area (Å²) in [6.07, 6.45) is 0. The summed E-state index contributed by atoms with van der Waals surface area (Å²) in [5.41, 5.74) is 17.4. The summed E-state index contributed by atoms with van der Waals surface area (Å²) >= 11 is 0. The lowest BCUT2D eigenvalue weighted by molar-refractivity contribution is 0.670. The SMILES string of the molecule is S.c1ccc(N2c3ccccc3C3(c4ccccc4-c4cccc(-c5ccc(-c6cccc7c6oc6ccccc67)cc5)c43)c3ccccc32)cc1. The van der Waals surface area contributed by atoms with Gasteiger partial charge < -0.3 is 9.32 Å². The molecule has 3 heteroatoms. The van der Waals surface area contributed by atoms with Crippen LogP contribution in [0.3, 0.4) is 0 Å². The van der Waals surface area contributed by atoms with Crippen LogP contribution in [0.25, 0.3) is 55.3 Å². The second-order valence-electron chi connectivity index (χ2n) is 13.6. The first-order valence-electron chi connectivity index (χ1n) is 17.6.